The number of hydrogen-bond acceptors (Lipinski definition) is 4. The SMILES string of the molecule is CCOC(=O)C(CN(CC)CC(C)C)NC. The van der Waals surface area contributed by atoms with E-state index in [2.05, 4.69) is 31.0 Å². The Hall–Kier alpha value is -0.610. The van der Waals surface area contributed by atoms with Gasteiger partial charge in [0.15, 0.2) is 0 Å². The molecule has 0 spiro atoms. The first-order valence-electron chi connectivity index (χ1n) is 6.11. The maximum atomic E-state index is 11.6. The maximum Gasteiger partial charge on any atom is 0.324 e. The molecule has 0 heterocycles. The summed E-state index contributed by atoms with van der Waals surface area (Å²) in [6.45, 7) is 11.4. The molecule has 1 unspecified atom stereocenters. The van der Waals surface area contributed by atoms with Gasteiger partial charge in [-0.2, -0.15) is 0 Å². The van der Waals surface area contributed by atoms with Gasteiger partial charge in [0.1, 0.15) is 6.04 Å². The normalized spacial score (nSPS) is 13.2. The molecule has 0 bridgehead atoms. The number of ether oxygens (including phenoxy) is 1. The summed E-state index contributed by atoms with van der Waals surface area (Å²) in [5.41, 5.74) is 0. The molecule has 0 aliphatic rings. The van der Waals surface area contributed by atoms with E-state index >= 15 is 0 Å². The van der Waals surface area contributed by atoms with Crippen LogP contribution in [0, 0.1) is 5.92 Å². The third-order valence-corrected chi connectivity index (χ3v) is 2.43. The summed E-state index contributed by atoms with van der Waals surface area (Å²) in [6.07, 6.45) is 0. The summed E-state index contributed by atoms with van der Waals surface area (Å²) in [7, 11) is 1.80. The highest BCUT2D eigenvalue weighted by Gasteiger charge is 2.20. The molecule has 0 aliphatic carbocycles. The first kappa shape index (κ1) is 15.4. The molecule has 0 radical (unpaired) electrons. The van der Waals surface area contributed by atoms with Crippen molar-refractivity contribution in [2.75, 3.05) is 33.3 Å². The lowest BCUT2D eigenvalue weighted by atomic mass is 10.2. The number of rotatable bonds is 8. The lowest BCUT2D eigenvalue weighted by Crippen LogP contribution is -2.46. The van der Waals surface area contributed by atoms with Crippen LogP contribution in [-0.4, -0.2) is 50.2 Å². The predicted molar refractivity (Wildman–Crippen MR) is 66.4 cm³/mol. The van der Waals surface area contributed by atoms with Gasteiger partial charge in [0.25, 0.3) is 0 Å². The van der Waals surface area contributed by atoms with Crippen LogP contribution in [-0.2, 0) is 9.53 Å². The van der Waals surface area contributed by atoms with Crippen LogP contribution in [0.1, 0.15) is 27.7 Å². The lowest BCUT2D eigenvalue weighted by molar-refractivity contribution is -0.146. The van der Waals surface area contributed by atoms with Gasteiger partial charge in [0.05, 0.1) is 6.61 Å². The Morgan fingerprint density at radius 3 is 2.31 bits per heavy atom. The summed E-state index contributed by atoms with van der Waals surface area (Å²) in [5.74, 6) is 0.451. The second kappa shape index (κ2) is 8.53. The molecule has 4 nitrogen and oxygen atoms in total. The van der Waals surface area contributed by atoms with Gasteiger partial charge in [-0.1, -0.05) is 20.8 Å². The van der Waals surface area contributed by atoms with E-state index in [4.69, 9.17) is 4.74 Å². The molecule has 4 heteroatoms. The van der Waals surface area contributed by atoms with Crippen molar-refractivity contribution in [1.29, 1.82) is 0 Å². The molecule has 0 saturated heterocycles. The molecule has 0 amide bonds. The van der Waals surface area contributed by atoms with Crippen molar-refractivity contribution in [3.63, 3.8) is 0 Å². The minimum atomic E-state index is -0.223. The van der Waals surface area contributed by atoms with Gasteiger partial charge in [0.2, 0.25) is 0 Å². The average molecular weight is 230 g/mol. The Kier molecular flexibility index (Phi) is 8.21. The number of esters is 1. The summed E-state index contributed by atoms with van der Waals surface area (Å²) < 4.78 is 5.02. The van der Waals surface area contributed by atoms with Gasteiger partial charge in [-0.25, -0.2) is 0 Å². The number of hydrogen-bond donors (Lipinski definition) is 1. The fourth-order valence-corrected chi connectivity index (χ4v) is 1.63. The van der Waals surface area contributed by atoms with Gasteiger partial charge >= 0.3 is 5.97 Å². The van der Waals surface area contributed by atoms with Crippen molar-refractivity contribution in [3.8, 4) is 0 Å². The molecule has 0 fully saturated rings. The molecule has 0 aromatic heterocycles. The molecule has 1 N–H and O–H groups in total. The Balaban J connectivity index is 4.21. The van der Waals surface area contributed by atoms with E-state index < -0.39 is 0 Å². The molecule has 0 saturated carbocycles. The van der Waals surface area contributed by atoms with Crippen molar-refractivity contribution in [3.05, 3.63) is 0 Å². The Morgan fingerprint density at radius 2 is 1.94 bits per heavy atom. The lowest BCUT2D eigenvalue weighted by Gasteiger charge is -2.26. The summed E-state index contributed by atoms with van der Waals surface area (Å²) >= 11 is 0. The topological polar surface area (TPSA) is 41.6 Å². The predicted octanol–water partition coefficient (Wildman–Crippen LogP) is 1.12. The minimum absolute atomic E-state index is 0.160. The number of nitrogens with zero attached hydrogens (tertiary/aromatic N) is 1. The first-order valence-corrected chi connectivity index (χ1v) is 6.11. The third kappa shape index (κ3) is 6.08. The zero-order valence-electron chi connectivity index (χ0n) is 11.2. The van der Waals surface area contributed by atoms with Crippen LogP contribution in [0.5, 0.6) is 0 Å². The van der Waals surface area contributed by atoms with Crippen molar-refractivity contribution in [1.82, 2.24) is 10.2 Å². The van der Waals surface area contributed by atoms with E-state index in [-0.39, 0.29) is 12.0 Å². The largest absolute Gasteiger partial charge is 0.465 e. The Morgan fingerprint density at radius 1 is 1.31 bits per heavy atom. The smallest absolute Gasteiger partial charge is 0.324 e. The number of likely N-dealkylation sites (N-methyl/N-ethyl adjacent to an activating group) is 2. The Labute approximate surface area is 99.3 Å². The van der Waals surface area contributed by atoms with Crippen LogP contribution >= 0.6 is 0 Å². The van der Waals surface area contributed by atoms with Crippen LogP contribution in [0.15, 0.2) is 0 Å². The summed E-state index contributed by atoms with van der Waals surface area (Å²) in [5, 5.41) is 3.01. The van der Waals surface area contributed by atoms with E-state index in [1.165, 1.54) is 0 Å². The zero-order valence-corrected chi connectivity index (χ0v) is 11.2. The number of carbonyl (C=O) groups excluding carboxylic acids is 1. The minimum Gasteiger partial charge on any atom is -0.465 e. The second-order valence-electron chi connectivity index (χ2n) is 4.34. The van der Waals surface area contributed by atoms with E-state index in [0.717, 1.165) is 13.1 Å². The van der Waals surface area contributed by atoms with Crippen molar-refractivity contribution in [2.45, 2.75) is 33.7 Å². The highest BCUT2D eigenvalue weighted by molar-refractivity contribution is 5.76. The molecule has 0 aliphatic heterocycles. The van der Waals surface area contributed by atoms with Crippen LogP contribution in [0.4, 0.5) is 0 Å². The monoisotopic (exact) mass is 230 g/mol. The molecule has 1 atom stereocenters. The van der Waals surface area contributed by atoms with Gasteiger partial charge in [-0.3, -0.25) is 4.79 Å². The molecule has 0 rings (SSSR count). The fraction of sp³-hybridized carbons (Fsp3) is 0.917. The van der Waals surface area contributed by atoms with Crippen LogP contribution in [0.25, 0.3) is 0 Å². The molecule has 16 heavy (non-hydrogen) atoms. The molecular formula is C12H26N2O2. The highest BCUT2D eigenvalue weighted by atomic mass is 16.5. The number of nitrogens with one attached hydrogen (secondary N) is 1. The standard InChI is InChI=1S/C12H26N2O2/c1-6-14(8-10(3)4)9-11(13-5)12(15)16-7-2/h10-11,13H,6-9H2,1-5H3. The highest BCUT2D eigenvalue weighted by Crippen LogP contribution is 2.01. The van der Waals surface area contributed by atoms with Crippen LogP contribution in [0.2, 0.25) is 0 Å². The molecular weight excluding hydrogens is 204 g/mol. The zero-order chi connectivity index (χ0) is 12.6. The average Bonchev–Trinajstić information content (AvgIpc) is 2.23. The second-order valence-corrected chi connectivity index (χ2v) is 4.34. The quantitative estimate of drug-likeness (QED) is 0.634. The number of carbonyl (C=O) groups is 1. The third-order valence-electron chi connectivity index (χ3n) is 2.43. The van der Waals surface area contributed by atoms with Crippen molar-refractivity contribution >= 4 is 5.97 Å². The van der Waals surface area contributed by atoms with E-state index in [1.807, 2.05) is 6.92 Å². The van der Waals surface area contributed by atoms with Crippen LogP contribution in [0.3, 0.4) is 0 Å². The Bertz CT molecular complexity index is 195. The van der Waals surface area contributed by atoms with Crippen molar-refractivity contribution < 1.29 is 9.53 Å². The molecule has 0 aromatic carbocycles. The fourth-order valence-electron chi connectivity index (χ4n) is 1.63. The van der Waals surface area contributed by atoms with Gasteiger partial charge in [-0.15, -0.1) is 0 Å². The van der Waals surface area contributed by atoms with Crippen LogP contribution < -0.4 is 5.32 Å². The van der Waals surface area contributed by atoms with Gasteiger partial charge < -0.3 is 15.0 Å². The molecule has 0 aromatic rings. The van der Waals surface area contributed by atoms with E-state index in [9.17, 15) is 4.79 Å². The first-order chi connectivity index (χ1) is 7.54. The van der Waals surface area contributed by atoms with E-state index in [0.29, 0.717) is 19.1 Å². The summed E-state index contributed by atoms with van der Waals surface area (Å²) in [4.78, 5) is 13.9. The van der Waals surface area contributed by atoms with Gasteiger partial charge in [0, 0.05) is 13.1 Å². The van der Waals surface area contributed by atoms with Gasteiger partial charge in [-0.05, 0) is 26.4 Å². The maximum absolute atomic E-state index is 11.6. The molecule has 96 valence electrons. The van der Waals surface area contributed by atoms with E-state index in [1.54, 1.807) is 7.05 Å². The summed E-state index contributed by atoms with van der Waals surface area (Å²) in [6, 6.07) is -0.223. The van der Waals surface area contributed by atoms with Crippen molar-refractivity contribution in [2.24, 2.45) is 5.92 Å².